The summed E-state index contributed by atoms with van der Waals surface area (Å²) in [5.74, 6) is 0.642. The predicted molar refractivity (Wildman–Crippen MR) is 109 cm³/mol. The van der Waals surface area contributed by atoms with Crippen LogP contribution in [0.2, 0.25) is 0 Å². The highest BCUT2D eigenvalue weighted by Crippen LogP contribution is 2.36. The van der Waals surface area contributed by atoms with Crippen LogP contribution >= 0.6 is 0 Å². The number of rotatable bonds is 5. The molecule has 0 aliphatic carbocycles. The van der Waals surface area contributed by atoms with Gasteiger partial charge in [-0.2, -0.15) is 4.99 Å². The van der Waals surface area contributed by atoms with Gasteiger partial charge in [0.2, 0.25) is 0 Å². The number of carbonyl (C=O) groups is 1. The molecule has 1 amide bonds. The molecule has 3 aromatic carbocycles. The van der Waals surface area contributed by atoms with Crippen LogP contribution in [0.25, 0.3) is 0 Å². The van der Waals surface area contributed by atoms with E-state index in [1.165, 1.54) is 5.56 Å². The molecule has 1 aliphatic heterocycles. The van der Waals surface area contributed by atoms with E-state index >= 15 is 0 Å². The quantitative estimate of drug-likeness (QED) is 0.679. The number of nitrogens with zero attached hydrogens (tertiary/aromatic N) is 2. The van der Waals surface area contributed by atoms with Crippen molar-refractivity contribution >= 4 is 11.7 Å². The van der Waals surface area contributed by atoms with Crippen LogP contribution in [0.4, 0.5) is 0 Å². The lowest BCUT2D eigenvalue weighted by Gasteiger charge is -2.36. The lowest BCUT2D eigenvalue weighted by atomic mass is 9.89. The van der Waals surface area contributed by atoms with E-state index in [1.54, 1.807) is 0 Å². The summed E-state index contributed by atoms with van der Waals surface area (Å²) >= 11 is 0. The molecule has 3 aromatic rings. The highest BCUT2D eigenvalue weighted by atomic mass is 16.2. The SMILES string of the molecule is CC1(c2ccccc2)C(=O)N=C(c2ccccc2)N1CCc1ccccc1. The van der Waals surface area contributed by atoms with Gasteiger partial charge in [0.15, 0.2) is 0 Å². The Balaban J connectivity index is 1.73. The minimum Gasteiger partial charge on any atom is -0.337 e. The van der Waals surface area contributed by atoms with E-state index in [4.69, 9.17) is 0 Å². The first-order valence-electron chi connectivity index (χ1n) is 9.25. The highest BCUT2D eigenvalue weighted by Gasteiger charge is 2.47. The summed E-state index contributed by atoms with van der Waals surface area (Å²) in [7, 11) is 0. The second-order valence-corrected chi connectivity index (χ2v) is 6.93. The van der Waals surface area contributed by atoms with Gasteiger partial charge < -0.3 is 4.90 Å². The number of carbonyl (C=O) groups excluding carboxylic acids is 1. The second-order valence-electron chi connectivity index (χ2n) is 6.93. The molecule has 0 bridgehead atoms. The van der Waals surface area contributed by atoms with Crippen molar-refractivity contribution < 1.29 is 4.79 Å². The van der Waals surface area contributed by atoms with Crippen LogP contribution in [-0.4, -0.2) is 23.2 Å². The highest BCUT2D eigenvalue weighted by molar-refractivity contribution is 6.13. The zero-order chi connectivity index (χ0) is 18.7. The van der Waals surface area contributed by atoms with E-state index in [0.717, 1.165) is 29.9 Å². The van der Waals surface area contributed by atoms with Gasteiger partial charge >= 0.3 is 0 Å². The van der Waals surface area contributed by atoms with Gasteiger partial charge in [0.25, 0.3) is 5.91 Å². The zero-order valence-corrected chi connectivity index (χ0v) is 15.4. The molecule has 1 heterocycles. The lowest BCUT2D eigenvalue weighted by molar-refractivity contribution is -0.125. The van der Waals surface area contributed by atoms with Crippen molar-refractivity contribution in [1.82, 2.24) is 4.90 Å². The number of hydrogen-bond acceptors (Lipinski definition) is 2. The van der Waals surface area contributed by atoms with Crippen LogP contribution in [0.3, 0.4) is 0 Å². The Bertz CT molecular complexity index is 951. The number of amides is 1. The molecular formula is C24H22N2O. The Hall–Kier alpha value is -3.20. The Kier molecular flexibility index (Phi) is 4.59. The molecule has 0 radical (unpaired) electrons. The molecule has 0 aromatic heterocycles. The lowest BCUT2D eigenvalue weighted by Crippen LogP contribution is -2.47. The van der Waals surface area contributed by atoms with Gasteiger partial charge in [-0.05, 0) is 24.5 Å². The van der Waals surface area contributed by atoms with Crippen LogP contribution < -0.4 is 0 Å². The van der Waals surface area contributed by atoms with E-state index < -0.39 is 5.54 Å². The van der Waals surface area contributed by atoms with Gasteiger partial charge in [0, 0.05) is 12.1 Å². The molecule has 1 aliphatic rings. The van der Waals surface area contributed by atoms with Crippen molar-refractivity contribution in [3.05, 3.63) is 108 Å². The predicted octanol–water partition coefficient (Wildman–Crippen LogP) is 4.43. The minimum absolute atomic E-state index is 0.111. The molecule has 4 rings (SSSR count). The summed E-state index contributed by atoms with van der Waals surface area (Å²) in [5, 5.41) is 0. The van der Waals surface area contributed by atoms with Gasteiger partial charge in [-0.25, -0.2) is 0 Å². The van der Waals surface area contributed by atoms with Crippen molar-refractivity contribution in [3.63, 3.8) is 0 Å². The molecule has 0 N–H and O–H groups in total. The molecular weight excluding hydrogens is 332 g/mol. The van der Waals surface area contributed by atoms with E-state index in [0.29, 0.717) is 0 Å². The van der Waals surface area contributed by atoms with E-state index in [2.05, 4.69) is 22.0 Å². The monoisotopic (exact) mass is 354 g/mol. The summed E-state index contributed by atoms with van der Waals surface area (Å²) in [6, 6.07) is 30.3. The van der Waals surface area contributed by atoms with E-state index in [-0.39, 0.29) is 5.91 Å². The normalized spacial score (nSPS) is 19.2. The molecule has 0 fully saturated rings. The van der Waals surface area contributed by atoms with E-state index in [1.807, 2.05) is 85.8 Å². The van der Waals surface area contributed by atoms with Crippen LogP contribution in [0.15, 0.2) is 96.0 Å². The summed E-state index contributed by atoms with van der Waals surface area (Å²) in [4.78, 5) is 19.7. The smallest absolute Gasteiger partial charge is 0.277 e. The van der Waals surface area contributed by atoms with Crippen molar-refractivity contribution in [1.29, 1.82) is 0 Å². The Labute approximate surface area is 160 Å². The largest absolute Gasteiger partial charge is 0.337 e. The molecule has 1 unspecified atom stereocenters. The number of amidine groups is 1. The Morgan fingerprint density at radius 3 is 2.00 bits per heavy atom. The van der Waals surface area contributed by atoms with Gasteiger partial charge in [0.1, 0.15) is 11.4 Å². The standard InChI is InChI=1S/C24H22N2O/c1-24(21-15-9-4-10-16-21)23(27)25-22(20-13-7-3-8-14-20)26(24)18-17-19-11-5-2-6-12-19/h2-16H,17-18H2,1H3. The molecule has 0 spiro atoms. The third kappa shape index (κ3) is 3.17. The fourth-order valence-corrected chi connectivity index (χ4v) is 3.66. The first kappa shape index (κ1) is 17.2. The molecule has 0 saturated carbocycles. The molecule has 27 heavy (non-hydrogen) atoms. The molecule has 3 nitrogen and oxygen atoms in total. The minimum atomic E-state index is -0.790. The first-order chi connectivity index (χ1) is 13.2. The fraction of sp³-hybridized carbons (Fsp3) is 0.167. The average Bonchev–Trinajstić information content (AvgIpc) is 3.00. The summed E-state index contributed by atoms with van der Waals surface area (Å²) in [6.07, 6.45) is 0.850. The van der Waals surface area contributed by atoms with Crippen LogP contribution in [0, 0.1) is 0 Å². The number of benzene rings is 3. The van der Waals surface area contributed by atoms with Crippen LogP contribution in [-0.2, 0) is 16.8 Å². The van der Waals surface area contributed by atoms with Gasteiger partial charge in [-0.3, -0.25) is 4.79 Å². The molecule has 1 atom stereocenters. The van der Waals surface area contributed by atoms with Crippen molar-refractivity contribution in [3.8, 4) is 0 Å². The van der Waals surface area contributed by atoms with Crippen molar-refractivity contribution in [2.45, 2.75) is 18.9 Å². The molecule has 134 valence electrons. The molecule has 0 saturated heterocycles. The number of aliphatic imine (C=N–C) groups is 1. The topological polar surface area (TPSA) is 32.7 Å². The second kappa shape index (κ2) is 7.20. The zero-order valence-electron chi connectivity index (χ0n) is 15.4. The van der Waals surface area contributed by atoms with E-state index in [9.17, 15) is 4.79 Å². The molecule has 3 heteroatoms. The van der Waals surface area contributed by atoms with Gasteiger partial charge in [-0.1, -0.05) is 91.0 Å². The number of hydrogen-bond donors (Lipinski definition) is 0. The van der Waals surface area contributed by atoms with Gasteiger partial charge in [0.05, 0.1) is 0 Å². The van der Waals surface area contributed by atoms with Gasteiger partial charge in [-0.15, -0.1) is 0 Å². The Morgan fingerprint density at radius 2 is 1.37 bits per heavy atom. The third-order valence-corrected chi connectivity index (χ3v) is 5.25. The Morgan fingerprint density at radius 1 is 0.815 bits per heavy atom. The summed E-state index contributed by atoms with van der Waals surface area (Å²) in [6.45, 7) is 2.70. The van der Waals surface area contributed by atoms with Crippen LogP contribution in [0.5, 0.6) is 0 Å². The summed E-state index contributed by atoms with van der Waals surface area (Å²) < 4.78 is 0. The first-order valence-corrected chi connectivity index (χ1v) is 9.25. The maximum atomic E-state index is 13.1. The fourth-order valence-electron chi connectivity index (χ4n) is 3.66. The van der Waals surface area contributed by atoms with Crippen molar-refractivity contribution in [2.24, 2.45) is 4.99 Å². The maximum Gasteiger partial charge on any atom is 0.277 e. The maximum absolute atomic E-state index is 13.1. The third-order valence-electron chi connectivity index (χ3n) is 5.25. The van der Waals surface area contributed by atoms with Crippen LogP contribution in [0.1, 0.15) is 23.6 Å². The average molecular weight is 354 g/mol. The van der Waals surface area contributed by atoms with Crippen molar-refractivity contribution in [2.75, 3.05) is 6.54 Å². The summed E-state index contributed by atoms with van der Waals surface area (Å²) in [5.41, 5.74) is 2.40.